The maximum Gasteiger partial charge on any atom is 0.244 e. The fourth-order valence-electron chi connectivity index (χ4n) is 3.51. The van der Waals surface area contributed by atoms with Crippen LogP contribution in [0, 0.1) is 0 Å². The summed E-state index contributed by atoms with van der Waals surface area (Å²) in [5.41, 5.74) is 1.03. The van der Waals surface area contributed by atoms with Gasteiger partial charge in [0.1, 0.15) is 16.5 Å². The molecule has 0 unspecified atom stereocenters. The lowest BCUT2D eigenvalue weighted by Crippen LogP contribution is -2.47. The molecule has 0 radical (unpaired) electrons. The number of morpholine rings is 1. The lowest BCUT2D eigenvalue weighted by molar-refractivity contribution is 0.122. The van der Waals surface area contributed by atoms with Crippen molar-refractivity contribution in [1.29, 1.82) is 0 Å². The number of nitrogens with one attached hydrogen (secondary N) is 1. The number of ether oxygens (including phenoxy) is 1. The molecule has 2 aliphatic rings. The zero-order valence-electron chi connectivity index (χ0n) is 17.2. The normalized spacial score (nSPS) is 19.0. The molecule has 2 aromatic heterocycles. The van der Waals surface area contributed by atoms with Gasteiger partial charge in [0.05, 0.1) is 13.2 Å². The van der Waals surface area contributed by atoms with E-state index in [2.05, 4.69) is 25.1 Å². The Bertz CT molecular complexity index is 922. The van der Waals surface area contributed by atoms with E-state index in [1.807, 2.05) is 25.4 Å². The third-order valence-electron chi connectivity index (χ3n) is 5.45. The second kappa shape index (κ2) is 9.25. The molecule has 1 N–H and O–H groups in total. The van der Waals surface area contributed by atoms with Gasteiger partial charge in [-0.15, -0.1) is 0 Å². The number of rotatable bonds is 6. The number of likely N-dealkylation sites (N-methyl/N-ethyl adjacent to an activating group) is 1. The van der Waals surface area contributed by atoms with Crippen LogP contribution in [0.5, 0.6) is 0 Å². The van der Waals surface area contributed by atoms with Gasteiger partial charge in [-0.2, -0.15) is 4.31 Å². The highest BCUT2D eigenvalue weighted by Gasteiger charge is 2.27. The maximum absolute atomic E-state index is 12.8. The Hall–Kier alpha value is -2.27. The van der Waals surface area contributed by atoms with Crippen LogP contribution in [0.2, 0.25) is 0 Å². The van der Waals surface area contributed by atoms with Crippen LogP contribution >= 0.6 is 0 Å². The van der Waals surface area contributed by atoms with E-state index in [0.717, 1.165) is 50.8 Å². The quantitative estimate of drug-likeness (QED) is 0.719. The Kier molecular flexibility index (Phi) is 6.47. The molecule has 2 fully saturated rings. The molecule has 2 saturated heterocycles. The highest BCUT2D eigenvalue weighted by atomic mass is 32.2. The first-order valence-corrected chi connectivity index (χ1v) is 11.6. The van der Waals surface area contributed by atoms with E-state index in [0.29, 0.717) is 25.5 Å². The molecule has 10 heteroatoms. The number of hydrogen-bond donors (Lipinski definition) is 1. The van der Waals surface area contributed by atoms with E-state index in [1.165, 1.54) is 10.5 Å². The SMILES string of the molecule is CN1CCN(S(=O)(=O)c2ccc(NCc3ccc(N4CCOCC4)nc3)nc2)CC1. The lowest BCUT2D eigenvalue weighted by atomic mass is 10.2. The minimum absolute atomic E-state index is 0.231. The molecule has 0 amide bonds. The molecule has 2 aromatic rings. The second-order valence-corrected chi connectivity index (χ2v) is 9.50. The van der Waals surface area contributed by atoms with Crippen LogP contribution in [0.3, 0.4) is 0 Å². The van der Waals surface area contributed by atoms with Crippen molar-refractivity contribution in [2.45, 2.75) is 11.4 Å². The number of piperazine rings is 1. The van der Waals surface area contributed by atoms with Crippen LogP contribution < -0.4 is 10.2 Å². The second-order valence-electron chi connectivity index (χ2n) is 7.56. The fourth-order valence-corrected chi connectivity index (χ4v) is 4.88. The summed E-state index contributed by atoms with van der Waals surface area (Å²) in [7, 11) is -1.49. The number of aromatic nitrogens is 2. The summed E-state index contributed by atoms with van der Waals surface area (Å²) in [4.78, 5) is 13.4. The Balaban J connectivity index is 1.33. The Labute approximate surface area is 177 Å². The van der Waals surface area contributed by atoms with Crippen molar-refractivity contribution in [3.63, 3.8) is 0 Å². The molecule has 162 valence electrons. The third kappa shape index (κ3) is 4.89. The van der Waals surface area contributed by atoms with Crippen LogP contribution in [-0.4, -0.2) is 87.1 Å². The molecule has 4 heterocycles. The number of pyridine rings is 2. The number of nitrogens with zero attached hydrogens (tertiary/aromatic N) is 5. The van der Waals surface area contributed by atoms with Crippen molar-refractivity contribution in [2.24, 2.45) is 0 Å². The van der Waals surface area contributed by atoms with Crippen molar-refractivity contribution in [1.82, 2.24) is 19.2 Å². The van der Waals surface area contributed by atoms with E-state index in [9.17, 15) is 8.42 Å². The molecule has 0 bridgehead atoms. The van der Waals surface area contributed by atoms with Crippen molar-refractivity contribution in [3.8, 4) is 0 Å². The lowest BCUT2D eigenvalue weighted by Gasteiger charge is -2.31. The van der Waals surface area contributed by atoms with E-state index in [1.54, 1.807) is 12.1 Å². The van der Waals surface area contributed by atoms with Gasteiger partial charge in [-0.3, -0.25) is 0 Å². The van der Waals surface area contributed by atoms with Gasteiger partial charge >= 0.3 is 0 Å². The number of hydrogen-bond acceptors (Lipinski definition) is 8. The zero-order valence-corrected chi connectivity index (χ0v) is 18.0. The summed E-state index contributed by atoms with van der Waals surface area (Å²) in [6, 6.07) is 7.37. The van der Waals surface area contributed by atoms with Crippen molar-refractivity contribution in [3.05, 3.63) is 42.2 Å². The first kappa shape index (κ1) is 21.0. The zero-order chi connectivity index (χ0) is 21.0. The highest BCUT2D eigenvalue weighted by molar-refractivity contribution is 7.89. The largest absolute Gasteiger partial charge is 0.378 e. The van der Waals surface area contributed by atoms with Crippen molar-refractivity contribution >= 4 is 21.7 Å². The van der Waals surface area contributed by atoms with Gasteiger partial charge in [-0.1, -0.05) is 6.07 Å². The minimum Gasteiger partial charge on any atom is -0.378 e. The summed E-state index contributed by atoms with van der Waals surface area (Å²) in [5.74, 6) is 1.59. The topological polar surface area (TPSA) is 90.9 Å². The molecule has 0 spiro atoms. The average molecular weight is 433 g/mol. The van der Waals surface area contributed by atoms with Gasteiger partial charge in [0.2, 0.25) is 10.0 Å². The smallest absolute Gasteiger partial charge is 0.244 e. The molecule has 0 saturated carbocycles. The van der Waals surface area contributed by atoms with Crippen LogP contribution in [0.25, 0.3) is 0 Å². The number of anilines is 2. The van der Waals surface area contributed by atoms with E-state index in [4.69, 9.17) is 4.74 Å². The molecular weight excluding hydrogens is 404 g/mol. The minimum atomic E-state index is -3.49. The standard InChI is InChI=1S/C20H28N6O3S/c1-24-6-8-26(9-7-24)30(27,28)18-3-4-19(22-16-18)21-14-17-2-5-20(23-15-17)25-10-12-29-13-11-25/h2-5,15-16H,6-14H2,1H3,(H,21,22). The first-order chi connectivity index (χ1) is 14.5. The Morgan fingerprint density at radius 3 is 2.37 bits per heavy atom. The van der Waals surface area contributed by atoms with Gasteiger partial charge in [0.15, 0.2) is 0 Å². The van der Waals surface area contributed by atoms with Crippen molar-refractivity contribution in [2.75, 3.05) is 69.7 Å². The summed E-state index contributed by atoms with van der Waals surface area (Å²) < 4.78 is 32.4. The number of sulfonamides is 1. The Morgan fingerprint density at radius 1 is 0.967 bits per heavy atom. The van der Waals surface area contributed by atoms with Crippen LogP contribution in [0.15, 0.2) is 41.6 Å². The van der Waals surface area contributed by atoms with E-state index >= 15 is 0 Å². The predicted molar refractivity (Wildman–Crippen MR) is 115 cm³/mol. The van der Waals surface area contributed by atoms with Crippen LogP contribution in [-0.2, 0) is 21.3 Å². The fraction of sp³-hybridized carbons (Fsp3) is 0.500. The van der Waals surface area contributed by atoms with Crippen LogP contribution in [0.1, 0.15) is 5.56 Å². The summed E-state index contributed by atoms with van der Waals surface area (Å²) in [5, 5.41) is 3.22. The summed E-state index contributed by atoms with van der Waals surface area (Å²) in [6.07, 6.45) is 3.28. The highest BCUT2D eigenvalue weighted by Crippen LogP contribution is 2.18. The van der Waals surface area contributed by atoms with Crippen LogP contribution in [0.4, 0.5) is 11.6 Å². The van der Waals surface area contributed by atoms with E-state index < -0.39 is 10.0 Å². The average Bonchev–Trinajstić information content (AvgIpc) is 2.79. The molecule has 2 aliphatic heterocycles. The first-order valence-electron chi connectivity index (χ1n) is 10.2. The molecule has 30 heavy (non-hydrogen) atoms. The molecule has 0 aromatic carbocycles. The van der Waals surface area contributed by atoms with Gasteiger partial charge in [-0.25, -0.2) is 18.4 Å². The predicted octanol–water partition coefficient (Wildman–Crippen LogP) is 0.861. The van der Waals surface area contributed by atoms with Crippen molar-refractivity contribution < 1.29 is 13.2 Å². The molecule has 0 atom stereocenters. The van der Waals surface area contributed by atoms with Gasteiger partial charge in [0, 0.05) is 58.2 Å². The van der Waals surface area contributed by atoms with Gasteiger partial charge < -0.3 is 19.9 Å². The summed E-state index contributed by atoms with van der Waals surface area (Å²) in [6.45, 7) is 6.24. The maximum atomic E-state index is 12.8. The summed E-state index contributed by atoms with van der Waals surface area (Å²) >= 11 is 0. The molecule has 0 aliphatic carbocycles. The Morgan fingerprint density at radius 2 is 1.73 bits per heavy atom. The monoisotopic (exact) mass is 432 g/mol. The molecule has 4 rings (SSSR count). The molecular formula is C20H28N6O3S. The van der Waals surface area contributed by atoms with Gasteiger partial charge in [0.25, 0.3) is 0 Å². The molecule has 9 nitrogen and oxygen atoms in total. The van der Waals surface area contributed by atoms with Gasteiger partial charge in [-0.05, 0) is 30.8 Å². The van der Waals surface area contributed by atoms with E-state index in [-0.39, 0.29) is 4.90 Å². The third-order valence-corrected chi connectivity index (χ3v) is 7.34.